The molecule has 1 aromatic carbocycles. The number of likely N-dealkylation sites (N-methyl/N-ethyl adjacent to an activating group) is 1. The Morgan fingerprint density at radius 1 is 1.11 bits per heavy atom. The molecule has 0 aliphatic carbocycles. The predicted molar refractivity (Wildman–Crippen MR) is 82.9 cm³/mol. The van der Waals surface area contributed by atoms with Gasteiger partial charge < -0.3 is 10.1 Å². The fourth-order valence-electron chi connectivity index (χ4n) is 2.90. The third-order valence-corrected chi connectivity index (χ3v) is 3.87. The van der Waals surface area contributed by atoms with E-state index in [9.17, 15) is 0 Å². The van der Waals surface area contributed by atoms with E-state index >= 15 is 0 Å². The summed E-state index contributed by atoms with van der Waals surface area (Å²) in [6, 6.07) is 4.93. The zero-order valence-electron chi connectivity index (χ0n) is 13.3. The Morgan fingerprint density at radius 3 is 2.11 bits per heavy atom. The lowest BCUT2D eigenvalue weighted by Crippen LogP contribution is -2.41. The molecule has 2 nitrogen and oxygen atoms in total. The molecule has 2 heteroatoms. The minimum absolute atomic E-state index is 0.287. The molecular formula is C17H29NO. The van der Waals surface area contributed by atoms with Crippen molar-refractivity contribution in [3.05, 3.63) is 34.4 Å². The molecule has 108 valence electrons. The SMILES string of the molecule is CCOC(CC)C(Cc1c(C)cc(C)cc1C)NC. The van der Waals surface area contributed by atoms with Crippen LogP contribution in [-0.2, 0) is 11.2 Å². The lowest BCUT2D eigenvalue weighted by Gasteiger charge is -2.27. The highest BCUT2D eigenvalue weighted by atomic mass is 16.5. The summed E-state index contributed by atoms with van der Waals surface area (Å²) in [5, 5.41) is 3.43. The van der Waals surface area contributed by atoms with Crippen molar-refractivity contribution in [3.8, 4) is 0 Å². The van der Waals surface area contributed by atoms with Crippen LogP contribution in [0.25, 0.3) is 0 Å². The molecular weight excluding hydrogens is 234 g/mol. The topological polar surface area (TPSA) is 21.3 Å². The molecule has 0 fully saturated rings. The first-order chi connectivity index (χ1) is 9.03. The Bertz CT molecular complexity index is 377. The largest absolute Gasteiger partial charge is 0.377 e. The van der Waals surface area contributed by atoms with E-state index in [1.165, 1.54) is 22.3 Å². The van der Waals surface area contributed by atoms with Gasteiger partial charge in [-0.1, -0.05) is 24.6 Å². The van der Waals surface area contributed by atoms with Gasteiger partial charge in [-0.25, -0.2) is 0 Å². The maximum Gasteiger partial charge on any atom is 0.0728 e. The lowest BCUT2D eigenvalue weighted by atomic mass is 9.92. The van der Waals surface area contributed by atoms with Gasteiger partial charge in [-0.3, -0.25) is 0 Å². The van der Waals surface area contributed by atoms with Gasteiger partial charge in [0.1, 0.15) is 0 Å². The first-order valence-electron chi connectivity index (χ1n) is 7.39. The number of aryl methyl sites for hydroxylation is 3. The van der Waals surface area contributed by atoms with Gasteiger partial charge in [-0.15, -0.1) is 0 Å². The average molecular weight is 263 g/mol. The van der Waals surface area contributed by atoms with Crippen molar-refractivity contribution in [2.45, 2.75) is 59.6 Å². The summed E-state index contributed by atoms with van der Waals surface area (Å²) in [5.41, 5.74) is 5.59. The first-order valence-corrected chi connectivity index (χ1v) is 7.39. The van der Waals surface area contributed by atoms with Crippen molar-refractivity contribution in [2.75, 3.05) is 13.7 Å². The van der Waals surface area contributed by atoms with Crippen molar-refractivity contribution in [3.63, 3.8) is 0 Å². The van der Waals surface area contributed by atoms with Gasteiger partial charge in [0.05, 0.1) is 6.10 Å². The molecule has 19 heavy (non-hydrogen) atoms. The number of ether oxygens (including phenoxy) is 1. The van der Waals surface area contributed by atoms with Crippen molar-refractivity contribution in [2.24, 2.45) is 0 Å². The van der Waals surface area contributed by atoms with Crippen molar-refractivity contribution in [1.82, 2.24) is 5.32 Å². The van der Waals surface area contributed by atoms with Crippen LogP contribution in [0.2, 0.25) is 0 Å². The zero-order chi connectivity index (χ0) is 14.4. The summed E-state index contributed by atoms with van der Waals surface area (Å²) >= 11 is 0. The van der Waals surface area contributed by atoms with Gasteiger partial charge in [0.15, 0.2) is 0 Å². The monoisotopic (exact) mass is 263 g/mol. The molecule has 1 aromatic rings. The van der Waals surface area contributed by atoms with Gasteiger partial charge >= 0.3 is 0 Å². The van der Waals surface area contributed by atoms with Crippen LogP contribution in [0.3, 0.4) is 0 Å². The Kier molecular flexibility index (Phi) is 6.53. The summed E-state index contributed by atoms with van der Waals surface area (Å²) in [7, 11) is 2.03. The quantitative estimate of drug-likeness (QED) is 0.812. The van der Waals surface area contributed by atoms with E-state index in [2.05, 4.69) is 52.1 Å². The summed E-state index contributed by atoms with van der Waals surface area (Å²) in [4.78, 5) is 0. The van der Waals surface area contributed by atoms with Crippen LogP contribution < -0.4 is 5.32 Å². The summed E-state index contributed by atoms with van der Waals surface area (Å²) in [5.74, 6) is 0. The maximum absolute atomic E-state index is 5.86. The van der Waals surface area contributed by atoms with Crippen LogP contribution in [0.1, 0.15) is 42.5 Å². The fraction of sp³-hybridized carbons (Fsp3) is 0.647. The van der Waals surface area contributed by atoms with E-state index in [1.54, 1.807) is 0 Å². The van der Waals surface area contributed by atoms with Crippen molar-refractivity contribution >= 4 is 0 Å². The molecule has 0 aromatic heterocycles. The number of nitrogens with one attached hydrogen (secondary N) is 1. The van der Waals surface area contributed by atoms with Crippen LogP contribution in [-0.4, -0.2) is 25.8 Å². The third-order valence-electron chi connectivity index (χ3n) is 3.87. The molecule has 0 aliphatic heterocycles. The molecule has 0 aliphatic rings. The highest BCUT2D eigenvalue weighted by molar-refractivity contribution is 5.38. The average Bonchev–Trinajstić information content (AvgIpc) is 2.36. The van der Waals surface area contributed by atoms with Gasteiger partial charge in [-0.05, 0) is 64.3 Å². The zero-order valence-corrected chi connectivity index (χ0v) is 13.3. The molecule has 2 unspecified atom stereocenters. The molecule has 0 saturated heterocycles. The van der Waals surface area contributed by atoms with Gasteiger partial charge in [-0.2, -0.15) is 0 Å². The van der Waals surface area contributed by atoms with Crippen LogP contribution in [0, 0.1) is 20.8 Å². The maximum atomic E-state index is 5.86. The molecule has 2 atom stereocenters. The summed E-state index contributed by atoms with van der Waals surface area (Å²) < 4.78 is 5.86. The van der Waals surface area contributed by atoms with Crippen molar-refractivity contribution in [1.29, 1.82) is 0 Å². The van der Waals surface area contributed by atoms with Crippen LogP contribution in [0.15, 0.2) is 12.1 Å². The van der Waals surface area contributed by atoms with E-state index in [-0.39, 0.29) is 6.10 Å². The van der Waals surface area contributed by atoms with Crippen molar-refractivity contribution < 1.29 is 4.74 Å². The second-order valence-corrected chi connectivity index (χ2v) is 5.38. The third kappa shape index (κ3) is 4.32. The fourth-order valence-corrected chi connectivity index (χ4v) is 2.90. The van der Waals surface area contributed by atoms with E-state index in [0.717, 1.165) is 19.4 Å². The van der Waals surface area contributed by atoms with Gasteiger partial charge in [0.2, 0.25) is 0 Å². The summed E-state index contributed by atoms with van der Waals surface area (Å²) in [6.07, 6.45) is 2.37. The Hall–Kier alpha value is -0.860. The Labute approximate surface area is 118 Å². The number of benzene rings is 1. The Balaban J connectivity index is 2.92. The second-order valence-electron chi connectivity index (χ2n) is 5.38. The molecule has 1 rings (SSSR count). The first kappa shape index (κ1) is 16.2. The van der Waals surface area contributed by atoms with Crippen LogP contribution in [0.5, 0.6) is 0 Å². The highest BCUT2D eigenvalue weighted by Crippen LogP contribution is 2.20. The van der Waals surface area contributed by atoms with Crippen LogP contribution in [0.4, 0.5) is 0 Å². The molecule has 0 bridgehead atoms. The van der Waals surface area contributed by atoms with Crippen LogP contribution >= 0.6 is 0 Å². The molecule has 0 saturated carbocycles. The number of rotatable bonds is 7. The minimum atomic E-state index is 0.287. The smallest absolute Gasteiger partial charge is 0.0728 e. The molecule has 1 N–H and O–H groups in total. The molecule has 0 spiro atoms. The van der Waals surface area contributed by atoms with E-state index in [0.29, 0.717) is 6.04 Å². The normalized spacial score (nSPS) is 14.4. The number of hydrogen-bond acceptors (Lipinski definition) is 2. The standard InChI is InChI=1S/C17H29NO/c1-7-17(19-8-2)16(18-6)11-15-13(4)9-12(3)10-14(15)5/h9-10,16-18H,7-8,11H2,1-6H3. The minimum Gasteiger partial charge on any atom is -0.377 e. The number of hydrogen-bond donors (Lipinski definition) is 1. The van der Waals surface area contributed by atoms with Gasteiger partial charge in [0, 0.05) is 12.6 Å². The van der Waals surface area contributed by atoms with E-state index in [1.807, 2.05) is 7.05 Å². The second kappa shape index (κ2) is 7.66. The van der Waals surface area contributed by atoms with E-state index < -0.39 is 0 Å². The predicted octanol–water partition coefficient (Wildman–Crippen LogP) is 3.56. The van der Waals surface area contributed by atoms with E-state index in [4.69, 9.17) is 4.74 Å². The molecule has 0 amide bonds. The molecule has 0 heterocycles. The molecule has 0 radical (unpaired) electrons. The highest BCUT2D eigenvalue weighted by Gasteiger charge is 2.20. The van der Waals surface area contributed by atoms with Gasteiger partial charge in [0.25, 0.3) is 0 Å². The lowest BCUT2D eigenvalue weighted by molar-refractivity contribution is 0.0338. The Morgan fingerprint density at radius 2 is 1.68 bits per heavy atom. The summed E-state index contributed by atoms with van der Waals surface area (Å²) in [6.45, 7) is 11.6.